The average Bonchev–Trinajstić information content (AvgIpc) is 2.61. The van der Waals surface area contributed by atoms with Crippen molar-refractivity contribution in [1.82, 2.24) is 4.90 Å². The van der Waals surface area contributed by atoms with Crippen LogP contribution in [0.1, 0.15) is 5.56 Å². The number of allylic oxidation sites excluding steroid dienone is 4. The van der Waals surface area contributed by atoms with Crippen molar-refractivity contribution < 1.29 is 30.0 Å². The molecular formula is C20H24N2O6+2. The first-order chi connectivity index (χ1) is 12.9. The molecule has 0 saturated heterocycles. The molecule has 148 valence electrons. The van der Waals surface area contributed by atoms with Gasteiger partial charge >= 0.3 is 11.6 Å². The zero-order chi connectivity index (χ0) is 21.0. The van der Waals surface area contributed by atoms with E-state index in [2.05, 4.69) is 0 Å². The Hall–Kier alpha value is -2.94. The van der Waals surface area contributed by atoms with Gasteiger partial charge in [0, 0.05) is 51.2 Å². The molecule has 1 saturated carbocycles. The van der Waals surface area contributed by atoms with Crippen LogP contribution in [0, 0.1) is 0 Å². The Morgan fingerprint density at radius 1 is 0.929 bits per heavy atom. The Morgan fingerprint density at radius 3 is 2.04 bits per heavy atom. The van der Waals surface area contributed by atoms with Crippen molar-refractivity contribution in [2.45, 2.75) is 11.4 Å². The third kappa shape index (κ3) is 2.57. The molecule has 0 aliphatic heterocycles. The number of ketones is 2. The molecule has 8 heteroatoms. The maximum absolute atomic E-state index is 10.9. The normalized spacial score (nSPS) is 26.0. The molecule has 0 heterocycles. The second kappa shape index (κ2) is 6.30. The molecule has 28 heavy (non-hydrogen) atoms. The lowest BCUT2D eigenvalue weighted by Crippen LogP contribution is -2.70. The number of rotatable bonds is 3. The first kappa shape index (κ1) is 19.8. The maximum atomic E-state index is 10.9. The number of aliphatic hydroxyl groups is 3. The summed E-state index contributed by atoms with van der Waals surface area (Å²) in [6.07, 6.45) is 4.42. The Labute approximate surface area is 161 Å². The Morgan fingerprint density at radius 2 is 1.57 bits per heavy atom. The summed E-state index contributed by atoms with van der Waals surface area (Å²) in [7, 11) is 7.06. The molecule has 1 atom stereocenters. The van der Waals surface area contributed by atoms with Crippen molar-refractivity contribution in [3.63, 3.8) is 0 Å². The van der Waals surface area contributed by atoms with Crippen LogP contribution in [0.15, 0.2) is 53.3 Å². The van der Waals surface area contributed by atoms with Gasteiger partial charge < -0.3 is 30.2 Å². The van der Waals surface area contributed by atoms with Gasteiger partial charge in [-0.05, 0) is 24.3 Å². The number of hydrogen-bond acceptors (Lipinski definition) is 6. The summed E-state index contributed by atoms with van der Waals surface area (Å²) >= 11 is 0. The quantitative estimate of drug-likeness (QED) is 0.321. The molecule has 6 N–H and O–H groups in total. The predicted octanol–water partition coefficient (Wildman–Crippen LogP) is -0.258. The van der Waals surface area contributed by atoms with Gasteiger partial charge in [-0.1, -0.05) is 0 Å². The van der Waals surface area contributed by atoms with Gasteiger partial charge in [-0.2, -0.15) is 0 Å². The van der Waals surface area contributed by atoms with Gasteiger partial charge in [-0.15, -0.1) is 0 Å². The highest BCUT2D eigenvalue weighted by atomic mass is 16.5. The highest BCUT2D eigenvalue weighted by Crippen LogP contribution is 2.53. The van der Waals surface area contributed by atoms with Crippen LogP contribution in [0.25, 0.3) is 0 Å². The van der Waals surface area contributed by atoms with Crippen molar-refractivity contribution in [3.05, 3.63) is 58.8 Å². The molecule has 3 rings (SSSR count). The van der Waals surface area contributed by atoms with E-state index in [-0.39, 0.29) is 16.9 Å². The van der Waals surface area contributed by atoms with E-state index in [9.17, 15) is 30.0 Å². The van der Waals surface area contributed by atoms with Gasteiger partial charge in [0.25, 0.3) is 5.60 Å². The number of likely N-dealkylation sites (N-methyl/N-ethyl adjacent to an activating group) is 1. The van der Waals surface area contributed by atoms with E-state index in [0.29, 0.717) is 11.4 Å². The smallest absolute Gasteiger partial charge is 0.368 e. The Balaban J connectivity index is 2.07. The van der Waals surface area contributed by atoms with Crippen LogP contribution in [0.2, 0.25) is 0 Å². The number of carbonyl (C=O) groups excluding carboxylic acids is 2. The number of phenolic OH excluding ortho intramolecular Hbond substituents is 1. The molecule has 2 aliphatic rings. The van der Waals surface area contributed by atoms with Crippen molar-refractivity contribution in [2.75, 3.05) is 33.1 Å². The number of anilines is 1. The van der Waals surface area contributed by atoms with E-state index < -0.39 is 28.5 Å². The molecule has 0 bridgehead atoms. The van der Waals surface area contributed by atoms with Gasteiger partial charge in [0.05, 0.1) is 11.6 Å². The standard InChI is InChI=1S/C20H22N2O6/c1-21(2)11-5-7-13(15(23)9-11)17-18(25)19(26,20(17,27)28)14-8-6-12(22(3)4)10-16(14)24/h5-10,24,26-28H,1-4H3/p+2. The lowest BCUT2D eigenvalue weighted by atomic mass is 9.62. The van der Waals surface area contributed by atoms with Gasteiger partial charge in [0.2, 0.25) is 5.79 Å². The number of aromatic hydroxyl groups is 1. The summed E-state index contributed by atoms with van der Waals surface area (Å²) in [5.74, 6) is -4.42. The third-order valence-corrected chi connectivity index (χ3v) is 5.09. The number of nitrogens with zero attached hydrogens (tertiary/aromatic N) is 2. The summed E-state index contributed by atoms with van der Waals surface area (Å²) < 4.78 is 0. The summed E-state index contributed by atoms with van der Waals surface area (Å²) in [5, 5.41) is 42.4. The molecule has 0 aromatic heterocycles. The van der Waals surface area contributed by atoms with Gasteiger partial charge in [-0.25, -0.2) is 0 Å². The van der Waals surface area contributed by atoms with Gasteiger partial charge in [-0.3, -0.25) is 9.59 Å². The molecule has 1 aromatic rings. The molecule has 8 nitrogen and oxygen atoms in total. The topological polar surface area (TPSA) is 130 Å². The second-order valence-corrected chi connectivity index (χ2v) is 7.30. The van der Waals surface area contributed by atoms with E-state index in [1.54, 1.807) is 50.1 Å². The van der Waals surface area contributed by atoms with Crippen molar-refractivity contribution >= 4 is 17.3 Å². The Kier molecular flexibility index (Phi) is 4.46. The molecule has 0 radical (unpaired) electrons. The first-order valence-electron chi connectivity index (χ1n) is 8.55. The lowest BCUT2D eigenvalue weighted by Gasteiger charge is -2.45. The highest BCUT2D eigenvalue weighted by molar-refractivity contribution is 6.22. The van der Waals surface area contributed by atoms with Crippen LogP contribution in [0.3, 0.4) is 0 Å². The zero-order valence-corrected chi connectivity index (χ0v) is 16.0. The monoisotopic (exact) mass is 388 g/mol. The molecule has 1 aromatic carbocycles. The van der Waals surface area contributed by atoms with E-state index in [1.807, 2.05) is 0 Å². The summed E-state index contributed by atoms with van der Waals surface area (Å²) in [5.41, 5.74) is -2.12. The van der Waals surface area contributed by atoms with E-state index in [0.717, 1.165) is 0 Å². The first-order valence-corrected chi connectivity index (χ1v) is 8.55. The van der Waals surface area contributed by atoms with Gasteiger partial charge in [0.1, 0.15) is 11.3 Å². The van der Waals surface area contributed by atoms with Gasteiger partial charge in [0.15, 0.2) is 0 Å². The van der Waals surface area contributed by atoms with Crippen molar-refractivity contribution in [3.8, 4) is 5.75 Å². The summed E-state index contributed by atoms with van der Waals surface area (Å²) in [6, 6.07) is 4.18. The minimum atomic E-state index is -2.94. The molecule has 0 amide bonds. The average molecular weight is 388 g/mol. The minimum absolute atomic E-state index is 0.0397. The van der Waals surface area contributed by atoms with E-state index in [1.165, 1.54) is 24.3 Å². The van der Waals surface area contributed by atoms with Crippen LogP contribution in [-0.2, 0) is 5.60 Å². The number of phenols is 1. The lowest BCUT2D eigenvalue weighted by molar-refractivity contribution is -0.248. The number of hydrogen-bond donors (Lipinski definition) is 4. The van der Waals surface area contributed by atoms with Crippen LogP contribution >= 0.6 is 0 Å². The van der Waals surface area contributed by atoms with Crippen LogP contribution < -0.4 is 4.90 Å². The molecule has 2 aliphatic carbocycles. The maximum Gasteiger partial charge on any atom is 0.368 e. The SMILES string of the molecule is CN(C)C1=CC(=[OH+])C(=C2C(=[OH+])C(O)(c3ccc(N(C)C)cc3O)C2(O)O)C=C1. The molecule has 1 fully saturated rings. The molecule has 1 unspecified atom stereocenters. The zero-order valence-electron chi connectivity index (χ0n) is 16.0. The fraction of sp³-hybridized carbons (Fsp3) is 0.300. The van der Waals surface area contributed by atoms with Crippen molar-refractivity contribution in [2.24, 2.45) is 0 Å². The summed E-state index contributed by atoms with van der Waals surface area (Å²) in [4.78, 5) is 24.3. The van der Waals surface area contributed by atoms with Crippen LogP contribution in [0.4, 0.5) is 5.69 Å². The molecular weight excluding hydrogens is 364 g/mol. The van der Waals surface area contributed by atoms with Crippen LogP contribution in [-0.4, -0.2) is 80.5 Å². The fourth-order valence-corrected chi connectivity index (χ4v) is 3.37. The highest BCUT2D eigenvalue weighted by Gasteiger charge is 2.77. The van der Waals surface area contributed by atoms with E-state index >= 15 is 0 Å². The molecule has 0 spiro atoms. The largest absolute Gasteiger partial charge is 0.507 e. The fourth-order valence-electron chi connectivity index (χ4n) is 3.37. The van der Waals surface area contributed by atoms with Crippen LogP contribution in [0.5, 0.6) is 5.75 Å². The Bertz CT molecular complexity index is 971. The number of benzene rings is 1. The second-order valence-electron chi connectivity index (χ2n) is 7.30. The van der Waals surface area contributed by atoms with Crippen molar-refractivity contribution in [1.29, 1.82) is 0 Å². The summed E-state index contributed by atoms with van der Waals surface area (Å²) in [6.45, 7) is 0. The minimum Gasteiger partial charge on any atom is -0.507 e. The third-order valence-electron chi connectivity index (χ3n) is 5.09. The predicted molar refractivity (Wildman–Crippen MR) is 105 cm³/mol. The van der Waals surface area contributed by atoms with E-state index in [4.69, 9.17) is 0 Å².